The van der Waals surface area contributed by atoms with Gasteiger partial charge in [0.2, 0.25) is 18.6 Å². The molecule has 3 aromatic rings. The van der Waals surface area contributed by atoms with E-state index < -0.39 is 0 Å². The predicted molar refractivity (Wildman–Crippen MR) is 102 cm³/mol. The van der Waals surface area contributed by atoms with E-state index in [1.807, 2.05) is 47.0 Å². The van der Waals surface area contributed by atoms with Crippen LogP contribution in [0.1, 0.15) is 18.4 Å². The van der Waals surface area contributed by atoms with Crippen molar-refractivity contribution in [3.8, 4) is 11.5 Å². The Labute approximate surface area is 162 Å². The molecule has 1 saturated heterocycles. The number of rotatable bonds is 4. The first kappa shape index (κ1) is 16.9. The molecule has 8 heteroatoms. The fourth-order valence-electron chi connectivity index (χ4n) is 3.80. The highest BCUT2D eigenvalue weighted by Crippen LogP contribution is 2.32. The van der Waals surface area contributed by atoms with E-state index in [1.165, 1.54) is 0 Å². The zero-order chi connectivity index (χ0) is 18.9. The normalized spacial score (nSPS) is 18.4. The maximum atomic E-state index is 12.7. The molecule has 2 aliphatic rings. The van der Waals surface area contributed by atoms with Crippen LogP contribution in [-0.2, 0) is 11.3 Å². The van der Waals surface area contributed by atoms with Crippen LogP contribution < -0.4 is 19.7 Å². The van der Waals surface area contributed by atoms with E-state index in [0.717, 1.165) is 48.0 Å². The number of benzene rings is 1. The molecule has 1 amide bonds. The minimum Gasteiger partial charge on any atom is -0.454 e. The van der Waals surface area contributed by atoms with Crippen molar-refractivity contribution in [2.75, 3.05) is 24.8 Å². The lowest BCUT2D eigenvalue weighted by molar-refractivity contribution is -0.125. The zero-order valence-electron chi connectivity index (χ0n) is 15.4. The van der Waals surface area contributed by atoms with Gasteiger partial charge in [0.05, 0.1) is 5.92 Å². The third-order valence-electron chi connectivity index (χ3n) is 5.27. The molecule has 0 aliphatic carbocycles. The summed E-state index contributed by atoms with van der Waals surface area (Å²) in [7, 11) is 0. The monoisotopic (exact) mass is 379 g/mol. The molecule has 1 N–H and O–H groups in total. The van der Waals surface area contributed by atoms with Gasteiger partial charge in [-0.25, -0.2) is 0 Å². The van der Waals surface area contributed by atoms with Crippen LogP contribution in [0.15, 0.2) is 42.6 Å². The second-order valence-electron chi connectivity index (χ2n) is 7.12. The van der Waals surface area contributed by atoms with Gasteiger partial charge in [-0.3, -0.25) is 9.20 Å². The van der Waals surface area contributed by atoms with Crippen molar-refractivity contribution in [3.63, 3.8) is 0 Å². The molecule has 2 aromatic heterocycles. The number of hydrogen-bond acceptors (Lipinski definition) is 6. The molecule has 5 rings (SSSR count). The van der Waals surface area contributed by atoms with Crippen LogP contribution in [0, 0.1) is 5.92 Å². The van der Waals surface area contributed by atoms with Gasteiger partial charge in [0.1, 0.15) is 0 Å². The summed E-state index contributed by atoms with van der Waals surface area (Å²) in [6.45, 7) is 2.24. The SMILES string of the molecule is O=C(NCc1ccc2c(c1)OCO2)[C@H]1CCCN(c2nnc3ccccn23)C1. The topological polar surface area (TPSA) is 81.0 Å². The highest BCUT2D eigenvalue weighted by Gasteiger charge is 2.28. The Bertz CT molecular complexity index is 1020. The Hall–Kier alpha value is -3.29. The summed E-state index contributed by atoms with van der Waals surface area (Å²) in [6, 6.07) is 11.6. The van der Waals surface area contributed by atoms with E-state index in [-0.39, 0.29) is 18.6 Å². The van der Waals surface area contributed by atoms with Gasteiger partial charge in [-0.1, -0.05) is 12.1 Å². The molecule has 144 valence electrons. The van der Waals surface area contributed by atoms with Crippen LogP contribution in [-0.4, -0.2) is 40.4 Å². The Morgan fingerprint density at radius 2 is 2.11 bits per heavy atom. The van der Waals surface area contributed by atoms with Gasteiger partial charge in [0.25, 0.3) is 0 Å². The summed E-state index contributed by atoms with van der Waals surface area (Å²) >= 11 is 0. The number of carbonyl (C=O) groups excluding carboxylic acids is 1. The van der Waals surface area contributed by atoms with Crippen LogP contribution >= 0.6 is 0 Å². The molecule has 0 bridgehead atoms. The van der Waals surface area contributed by atoms with Crippen molar-refractivity contribution < 1.29 is 14.3 Å². The van der Waals surface area contributed by atoms with E-state index in [4.69, 9.17) is 9.47 Å². The van der Waals surface area contributed by atoms with E-state index in [1.54, 1.807) is 0 Å². The number of carbonyl (C=O) groups is 1. The maximum Gasteiger partial charge on any atom is 0.231 e. The van der Waals surface area contributed by atoms with Crippen LogP contribution in [0.2, 0.25) is 0 Å². The lowest BCUT2D eigenvalue weighted by Crippen LogP contribution is -2.43. The lowest BCUT2D eigenvalue weighted by Gasteiger charge is -2.32. The van der Waals surface area contributed by atoms with Crippen molar-refractivity contribution >= 4 is 17.5 Å². The minimum atomic E-state index is -0.0705. The third-order valence-corrected chi connectivity index (χ3v) is 5.27. The number of nitrogens with zero attached hydrogens (tertiary/aromatic N) is 4. The molecule has 4 heterocycles. The van der Waals surface area contributed by atoms with Gasteiger partial charge in [-0.05, 0) is 42.7 Å². The summed E-state index contributed by atoms with van der Waals surface area (Å²) in [5.74, 6) is 2.27. The van der Waals surface area contributed by atoms with Gasteiger partial charge in [-0.15, -0.1) is 10.2 Å². The maximum absolute atomic E-state index is 12.7. The summed E-state index contributed by atoms with van der Waals surface area (Å²) in [5.41, 5.74) is 1.81. The second kappa shape index (κ2) is 7.03. The molecular formula is C20H21N5O3. The first-order valence-electron chi connectivity index (χ1n) is 9.49. The van der Waals surface area contributed by atoms with Crippen molar-refractivity contribution in [1.82, 2.24) is 19.9 Å². The number of piperidine rings is 1. The zero-order valence-corrected chi connectivity index (χ0v) is 15.4. The van der Waals surface area contributed by atoms with Crippen molar-refractivity contribution in [2.45, 2.75) is 19.4 Å². The van der Waals surface area contributed by atoms with Crippen molar-refractivity contribution in [3.05, 3.63) is 48.2 Å². The lowest BCUT2D eigenvalue weighted by atomic mass is 9.97. The van der Waals surface area contributed by atoms with Gasteiger partial charge < -0.3 is 19.7 Å². The highest BCUT2D eigenvalue weighted by molar-refractivity contribution is 5.79. The number of anilines is 1. The summed E-state index contributed by atoms with van der Waals surface area (Å²) in [4.78, 5) is 14.9. The molecule has 8 nitrogen and oxygen atoms in total. The average molecular weight is 379 g/mol. The molecule has 1 aromatic carbocycles. The second-order valence-corrected chi connectivity index (χ2v) is 7.12. The number of amides is 1. The fraction of sp³-hybridized carbons (Fsp3) is 0.350. The summed E-state index contributed by atoms with van der Waals surface area (Å²) in [6.07, 6.45) is 3.78. The quantitative estimate of drug-likeness (QED) is 0.747. The molecule has 28 heavy (non-hydrogen) atoms. The summed E-state index contributed by atoms with van der Waals surface area (Å²) < 4.78 is 12.7. The Morgan fingerprint density at radius 3 is 3.07 bits per heavy atom. The number of pyridine rings is 1. The Kier molecular flexibility index (Phi) is 4.23. The molecule has 0 radical (unpaired) electrons. The van der Waals surface area contributed by atoms with Gasteiger partial charge in [-0.2, -0.15) is 0 Å². The molecule has 1 atom stereocenters. The van der Waals surface area contributed by atoms with E-state index >= 15 is 0 Å². The first-order chi connectivity index (χ1) is 13.8. The van der Waals surface area contributed by atoms with Crippen molar-refractivity contribution in [1.29, 1.82) is 0 Å². The smallest absolute Gasteiger partial charge is 0.231 e. The predicted octanol–water partition coefficient (Wildman–Crippen LogP) is 1.99. The van der Waals surface area contributed by atoms with E-state index in [0.29, 0.717) is 13.1 Å². The Morgan fingerprint density at radius 1 is 1.18 bits per heavy atom. The van der Waals surface area contributed by atoms with Crippen LogP contribution in [0.3, 0.4) is 0 Å². The van der Waals surface area contributed by atoms with Crippen LogP contribution in [0.4, 0.5) is 5.95 Å². The van der Waals surface area contributed by atoms with Gasteiger partial charge >= 0.3 is 0 Å². The number of nitrogens with one attached hydrogen (secondary N) is 1. The highest BCUT2D eigenvalue weighted by atomic mass is 16.7. The van der Waals surface area contributed by atoms with Crippen molar-refractivity contribution in [2.24, 2.45) is 5.92 Å². The Balaban J connectivity index is 1.24. The fourth-order valence-corrected chi connectivity index (χ4v) is 3.80. The van der Waals surface area contributed by atoms with Crippen LogP contribution in [0.25, 0.3) is 5.65 Å². The molecule has 0 unspecified atom stereocenters. The number of aromatic nitrogens is 3. The minimum absolute atomic E-state index is 0.0659. The third kappa shape index (κ3) is 3.11. The van der Waals surface area contributed by atoms with E-state index in [2.05, 4.69) is 20.4 Å². The molecule has 0 spiro atoms. The molecular weight excluding hydrogens is 358 g/mol. The summed E-state index contributed by atoms with van der Waals surface area (Å²) in [5, 5.41) is 11.6. The first-order valence-corrected chi connectivity index (χ1v) is 9.49. The van der Waals surface area contributed by atoms with E-state index in [9.17, 15) is 4.79 Å². The largest absolute Gasteiger partial charge is 0.454 e. The number of hydrogen-bond donors (Lipinski definition) is 1. The molecule has 2 aliphatic heterocycles. The number of ether oxygens (including phenoxy) is 2. The standard InChI is InChI=1S/C20H21N5O3/c26-19(21-11-14-6-7-16-17(10-14)28-13-27-16)15-4-3-8-24(12-15)20-23-22-18-5-1-2-9-25(18)20/h1-2,5-7,9-10,15H,3-4,8,11-13H2,(H,21,26)/t15-/m0/s1. The van der Waals surface area contributed by atoms with Gasteiger partial charge in [0, 0.05) is 25.8 Å². The number of fused-ring (bicyclic) bond motifs is 2. The molecule has 1 fully saturated rings. The molecule has 0 saturated carbocycles. The van der Waals surface area contributed by atoms with Crippen LogP contribution in [0.5, 0.6) is 11.5 Å². The van der Waals surface area contributed by atoms with Gasteiger partial charge in [0.15, 0.2) is 17.1 Å². The average Bonchev–Trinajstić information content (AvgIpc) is 3.38.